The Morgan fingerprint density at radius 2 is 1.74 bits per heavy atom. The number of ether oxygens (including phenoxy) is 3. The molecule has 3 rings (SSSR count). The number of methoxy groups -OCH3 is 2. The van der Waals surface area contributed by atoms with Crippen LogP contribution in [0.5, 0.6) is 11.5 Å². The molecule has 6 nitrogen and oxygen atoms in total. The maximum Gasteiger partial charge on any atom is 0.307 e. The second-order valence-electron chi connectivity index (χ2n) is 6.68. The summed E-state index contributed by atoms with van der Waals surface area (Å²) in [5.74, 6) is -8.57. The molecule has 31 heavy (non-hydrogen) atoms. The van der Waals surface area contributed by atoms with E-state index in [0.29, 0.717) is 23.7 Å². The number of amides is 1. The molecule has 0 fully saturated rings. The van der Waals surface area contributed by atoms with Crippen LogP contribution in [-0.2, 0) is 16.1 Å². The number of rotatable bonds is 7. The van der Waals surface area contributed by atoms with Crippen molar-refractivity contribution in [1.29, 1.82) is 0 Å². The average Bonchev–Trinajstić information content (AvgIpc) is 3.11. The Morgan fingerprint density at radius 1 is 1.06 bits per heavy atom. The van der Waals surface area contributed by atoms with Crippen LogP contribution in [-0.4, -0.2) is 37.6 Å². The van der Waals surface area contributed by atoms with Crippen molar-refractivity contribution in [3.8, 4) is 11.5 Å². The molecule has 10 heteroatoms. The first-order chi connectivity index (χ1) is 14.7. The molecule has 0 spiro atoms. The van der Waals surface area contributed by atoms with E-state index in [9.17, 15) is 27.2 Å². The SMILES string of the molecule is CCOc1cc(C(CC(=O)OC)N2Cc3c(F)c(F)c(F)c(F)c3C2=O)ccc1OC. The number of esters is 1. The highest BCUT2D eigenvalue weighted by Crippen LogP contribution is 2.39. The van der Waals surface area contributed by atoms with Crippen LogP contribution >= 0.6 is 0 Å². The molecule has 1 atom stereocenters. The van der Waals surface area contributed by atoms with Crippen LogP contribution < -0.4 is 9.47 Å². The molecular formula is C21H19F4NO5. The van der Waals surface area contributed by atoms with E-state index < -0.39 is 58.9 Å². The molecule has 2 aromatic carbocycles. The number of halogens is 4. The third-order valence-corrected chi connectivity index (χ3v) is 5.00. The van der Waals surface area contributed by atoms with Gasteiger partial charge in [0.15, 0.2) is 34.8 Å². The summed E-state index contributed by atoms with van der Waals surface area (Å²) in [5.41, 5.74) is -1.14. The molecule has 1 amide bonds. The van der Waals surface area contributed by atoms with E-state index >= 15 is 0 Å². The van der Waals surface area contributed by atoms with Gasteiger partial charge in [0, 0.05) is 5.56 Å². The molecule has 0 bridgehead atoms. The summed E-state index contributed by atoms with van der Waals surface area (Å²) in [6.07, 6.45) is -0.373. The highest BCUT2D eigenvalue weighted by Gasteiger charge is 2.41. The third kappa shape index (κ3) is 3.89. The lowest BCUT2D eigenvalue weighted by atomic mass is 10.0. The van der Waals surface area contributed by atoms with E-state index in [1.54, 1.807) is 19.1 Å². The van der Waals surface area contributed by atoms with Crippen LogP contribution in [0.15, 0.2) is 18.2 Å². The number of nitrogens with zero attached hydrogens (tertiary/aromatic N) is 1. The van der Waals surface area contributed by atoms with Gasteiger partial charge < -0.3 is 19.1 Å². The largest absolute Gasteiger partial charge is 0.493 e. The summed E-state index contributed by atoms with van der Waals surface area (Å²) in [7, 11) is 2.57. The fourth-order valence-corrected chi connectivity index (χ4v) is 3.50. The fraction of sp³-hybridized carbons (Fsp3) is 0.333. The molecule has 1 aliphatic heterocycles. The van der Waals surface area contributed by atoms with Gasteiger partial charge in [-0.2, -0.15) is 0 Å². The molecule has 1 aliphatic rings. The lowest BCUT2D eigenvalue weighted by Gasteiger charge is -2.28. The van der Waals surface area contributed by atoms with Gasteiger partial charge in [-0.15, -0.1) is 0 Å². The standard InChI is InChI=1S/C21H19F4NO5/c1-4-31-14-7-10(5-6-13(14)29-2)12(8-15(27)30-3)26-9-11-16(21(26)28)18(23)20(25)19(24)17(11)22/h5-7,12H,4,8-9H2,1-3H3. The van der Waals surface area contributed by atoms with Crippen molar-refractivity contribution in [2.75, 3.05) is 20.8 Å². The highest BCUT2D eigenvalue weighted by atomic mass is 19.2. The zero-order valence-electron chi connectivity index (χ0n) is 16.9. The van der Waals surface area contributed by atoms with Gasteiger partial charge in [0.1, 0.15) is 0 Å². The summed E-state index contributed by atoms with van der Waals surface area (Å²) >= 11 is 0. The quantitative estimate of drug-likeness (QED) is 0.282. The molecule has 0 saturated heterocycles. The van der Waals surface area contributed by atoms with E-state index in [1.807, 2.05) is 0 Å². The normalized spacial score (nSPS) is 13.8. The van der Waals surface area contributed by atoms with Crippen molar-refractivity contribution in [2.45, 2.75) is 25.9 Å². The highest BCUT2D eigenvalue weighted by molar-refractivity contribution is 5.99. The molecule has 0 N–H and O–H groups in total. The molecule has 166 valence electrons. The zero-order chi connectivity index (χ0) is 22.9. The first-order valence-corrected chi connectivity index (χ1v) is 9.28. The molecule has 0 radical (unpaired) electrons. The van der Waals surface area contributed by atoms with Gasteiger partial charge in [-0.3, -0.25) is 9.59 Å². The first-order valence-electron chi connectivity index (χ1n) is 9.28. The lowest BCUT2D eigenvalue weighted by molar-refractivity contribution is -0.141. The van der Waals surface area contributed by atoms with Gasteiger partial charge in [0.2, 0.25) is 0 Å². The second kappa shape index (κ2) is 8.83. The van der Waals surface area contributed by atoms with Crippen LogP contribution in [0.2, 0.25) is 0 Å². The van der Waals surface area contributed by atoms with E-state index in [0.717, 1.165) is 12.0 Å². The number of carbonyl (C=O) groups excluding carboxylic acids is 2. The summed E-state index contributed by atoms with van der Waals surface area (Å²) in [6.45, 7) is 1.48. The molecule has 0 aromatic heterocycles. The Bertz CT molecular complexity index is 1040. The van der Waals surface area contributed by atoms with Gasteiger partial charge in [-0.1, -0.05) is 6.07 Å². The zero-order valence-corrected chi connectivity index (χ0v) is 16.9. The minimum absolute atomic E-state index is 0.296. The first kappa shape index (κ1) is 22.4. The number of carbonyl (C=O) groups is 2. The molecule has 1 heterocycles. The second-order valence-corrected chi connectivity index (χ2v) is 6.68. The van der Waals surface area contributed by atoms with Crippen LogP contribution in [0.4, 0.5) is 17.6 Å². The Labute approximate surface area is 175 Å². The predicted molar refractivity (Wildman–Crippen MR) is 99.7 cm³/mol. The van der Waals surface area contributed by atoms with Crippen molar-refractivity contribution in [3.63, 3.8) is 0 Å². The summed E-state index contributed by atoms with van der Waals surface area (Å²) in [4.78, 5) is 25.9. The number of hydrogen-bond acceptors (Lipinski definition) is 5. The predicted octanol–water partition coefficient (Wildman–Crippen LogP) is 3.91. The van der Waals surface area contributed by atoms with E-state index in [1.165, 1.54) is 13.2 Å². The third-order valence-electron chi connectivity index (χ3n) is 5.00. The van der Waals surface area contributed by atoms with Gasteiger partial charge in [0.25, 0.3) is 5.91 Å². The van der Waals surface area contributed by atoms with Crippen LogP contribution in [0.3, 0.4) is 0 Å². The maximum absolute atomic E-state index is 14.3. The van der Waals surface area contributed by atoms with Gasteiger partial charge in [0.05, 0.1) is 45.4 Å². The van der Waals surface area contributed by atoms with Gasteiger partial charge in [-0.05, 0) is 24.6 Å². The molecular weight excluding hydrogens is 422 g/mol. The van der Waals surface area contributed by atoms with Crippen molar-refractivity contribution in [2.24, 2.45) is 0 Å². The minimum Gasteiger partial charge on any atom is -0.493 e. The van der Waals surface area contributed by atoms with Gasteiger partial charge in [-0.25, -0.2) is 17.6 Å². The molecule has 0 saturated carbocycles. The molecule has 1 unspecified atom stereocenters. The topological polar surface area (TPSA) is 65.1 Å². The Morgan fingerprint density at radius 3 is 2.35 bits per heavy atom. The van der Waals surface area contributed by atoms with Crippen LogP contribution in [0, 0.1) is 23.3 Å². The Kier molecular flexibility index (Phi) is 6.37. The van der Waals surface area contributed by atoms with Crippen molar-refractivity contribution in [3.05, 3.63) is 58.2 Å². The smallest absolute Gasteiger partial charge is 0.307 e. The van der Waals surface area contributed by atoms with Crippen molar-refractivity contribution >= 4 is 11.9 Å². The van der Waals surface area contributed by atoms with Gasteiger partial charge >= 0.3 is 5.97 Å². The average molecular weight is 441 g/mol. The number of fused-ring (bicyclic) bond motifs is 1. The fourth-order valence-electron chi connectivity index (χ4n) is 3.50. The van der Waals surface area contributed by atoms with Crippen molar-refractivity contribution < 1.29 is 41.4 Å². The number of benzene rings is 2. The lowest BCUT2D eigenvalue weighted by Crippen LogP contribution is -2.31. The Balaban J connectivity index is 2.09. The van der Waals surface area contributed by atoms with Crippen LogP contribution in [0.1, 0.15) is 40.9 Å². The van der Waals surface area contributed by atoms with E-state index in [4.69, 9.17) is 9.47 Å². The summed E-state index contributed by atoms with van der Waals surface area (Å²) in [5, 5.41) is 0. The summed E-state index contributed by atoms with van der Waals surface area (Å²) < 4.78 is 71.3. The van der Waals surface area contributed by atoms with Crippen molar-refractivity contribution in [1.82, 2.24) is 4.90 Å². The van der Waals surface area contributed by atoms with Crippen LogP contribution in [0.25, 0.3) is 0 Å². The Hall–Kier alpha value is -3.30. The number of hydrogen-bond donors (Lipinski definition) is 0. The maximum atomic E-state index is 14.3. The molecule has 0 aliphatic carbocycles. The monoisotopic (exact) mass is 441 g/mol. The molecule has 2 aromatic rings. The minimum atomic E-state index is -2.07. The van der Waals surface area contributed by atoms with E-state index in [2.05, 4.69) is 4.74 Å². The summed E-state index contributed by atoms with van der Waals surface area (Å²) in [6, 6.07) is 3.54. The van der Waals surface area contributed by atoms with E-state index in [-0.39, 0.29) is 6.42 Å².